The number of nitrogens with one attached hydrogen (secondary N) is 1. The highest BCUT2D eigenvalue weighted by Gasteiger charge is 2.14. The molecule has 0 aliphatic carbocycles. The molecule has 3 aromatic rings. The number of hydrogen-bond acceptors (Lipinski definition) is 3. The topological polar surface area (TPSA) is 60.6 Å². The molecule has 3 rings (SSSR count). The van der Waals surface area contributed by atoms with E-state index in [4.69, 9.17) is 4.74 Å². The molecule has 0 fully saturated rings. The lowest BCUT2D eigenvalue weighted by Crippen LogP contribution is -2.23. The van der Waals surface area contributed by atoms with Gasteiger partial charge in [-0.1, -0.05) is 6.07 Å². The molecule has 0 aliphatic heterocycles. The van der Waals surface area contributed by atoms with Crippen molar-refractivity contribution in [2.45, 2.75) is 26.9 Å². The van der Waals surface area contributed by atoms with E-state index < -0.39 is 0 Å². The standard InChI is InChI=1S/C18H22N4O2/c1-13-17(14(2)22(20-13)8-9-24-3)11-19-18(23)15-10-16-6-4-5-7-21(16)12-15/h4-7,10,12H,8-9,11H2,1-3H3,(H,19,23). The van der Waals surface area contributed by atoms with Gasteiger partial charge in [0.2, 0.25) is 0 Å². The van der Waals surface area contributed by atoms with Gasteiger partial charge < -0.3 is 14.5 Å². The molecule has 6 nitrogen and oxygen atoms in total. The summed E-state index contributed by atoms with van der Waals surface area (Å²) in [6, 6.07) is 7.76. The zero-order valence-corrected chi connectivity index (χ0v) is 14.2. The van der Waals surface area contributed by atoms with Gasteiger partial charge in [0, 0.05) is 42.8 Å². The smallest absolute Gasteiger partial charge is 0.253 e. The summed E-state index contributed by atoms with van der Waals surface area (Å²) in [6.07, 6.45) is 3.77. The van der Waals surface area contributed by atoms with Crippen LogP contribution in [0.4, 0.5) is 0 Å². The molecule has 3 aromatic heterocycles. The summed E-state index contributed by atoms with van der Waals surface area (Å²) in [5, 5.41) is 7.50. The van der Waals surface area contributed by atoms with E-state index in [9.17, 15) is 4.79 Å². The third kappa shape index (κ3) is 3.19. The van der Waals surface area contributed by atoms with Gasteiger partial charge in [-0.2, -0.15) is 5.10 Å². The van der Waals surface area contributed by atoms with Crippen LogP contribution >= 0.6 is 0 Å². The van der Waals surface area contributed by atoms with E-state index in [0.717, 1.165) is 22.5 Å². The average molecular weight is 326 g/mol. The third-order valence-corrected chi connectivity index (χ3v) is 4.23. The van der Waals surface area contributed by atoms with Crippen LogP contribution in [0.3, 0.4) is 0 Å². The zero-order chi connectivity index (χ0) is 17.1. The van der Waals surface area contributed by atoms with Crippen molar-refractivity contribution in [2.24, 2.45) is 0 Å². The van der Waals surface area contributed by atoms with E-state index in [1.54, 1.807) is 7.11 Å². The van der Waals surface area contributed by atoms with Crippen LogP contribution in [0.15, 0.2) is 36.7 Å². The van der Waals surface area contributed by atoms with E-state index in [1.165, 1.54) is 0 Å². The minimum Gasteiger partial charge on any atom is -0.383 e. The summed E-state index contributed by atoms with van der Waals surface area (Å²) in [4.78, 5) is 12.4. The van der Waals surface area contributed by atoms with Gasteiger partial charge in [0.1, 0.15) is 0 Å². The van der Waals surface area contributed by atoms with Gasteiger partial charge in [-0.3, -0.25) is 9.48 Å². The molecule has 0 unspecified atom stereocenters. The maximum atomic E-state index is 12.4. The van der Waals surface area contributed by atoms with E-state index in [1.807, 2.05) is 59.6 Å². The largest absolute Gasteiger partial charge is 0.383 e. The quantitative estimate of drug-likeness (QED) is 0.756. The molecule has 0 saturated carbocycles. The Labute approximate surface area is 141 Å². The van der Waals surface area contributed by atoms with Crippen LogP contribution in [0.1, 0.15) is 27.3 Å². The number of amides is 1. The number of rotatable bonds is 6. The van der Waals surface area contributed by atoms with Gasteiger partial charge in [-0.15, -0.1) is 0 Å². The van der Waals surface area contributed by atoms with E-state index in [-0.39, 0.29) is 5.91 Å². The molecule has 0 spiro atoms. The molecule has 0 radical (unpaired) electrons. The molecule has 0 aromatic carbocycles. The number of fused-ring (bicyclic) bond motifs is 1. The molecule has 0 bridgehead atoms. The maximum Gasteiger partial charge on any atom is 0.253 e. The van der Waals surface area contributed by atoms with Gasteiger partial charge in [-0.25, -0.2) is 0 Å². The summed E-state index contributed by atoms with van der Waals surface area (Å²) in [5.74, 6) is -0.0814. The SMILES string of the molecule is COCCn1nc(C)c(CNC(=O)c2cc3ccccn3c2)c1C. The Kier molecular flexibility index (Phi) is 4.66. The van der Waals surface area contributed by atoms with Crippen molar-refractivity contribution < 1.29 is 9.53 Å². The average Bonchev–Trinajstić information content (AvgIpc) is 3.12. The Balaban J connectivity index is 1.71. The van der Waals surface area contributed by atoms with Gasteiger partial charge >= 0.3 is 0 Å². The lowest BCUT2D eigenvalue weighted by atomic mass is 10.2. The van der Waals surface area contributed by atoms with Crippen LogP contribution in [0, 0.1) is 13.8 Å². The van der Waals surface area contributed by atoms with E-state index in [2.05, 4.69) is 10.4 Å². The Bertz CT molecular complexity index is 830. The Hall–Kier alpha value is -2.60. The molecule has 126 valence electrons. The van der Waals surface area contributed by atoms with Crippen LogP contribution in [0.5, 0.6) is 0 Å². The van der Waals surface area contributed by atoms with E-state index in [0.29, 0.717) is 25.3 Å². The number of methoxy groups -OCH3 is 1. The summed E-state index contributed by atoms with van der Waals surface area (Å²) in [5.41, 5.74) is 4.71. The molecular weight excluding hydrogens is 304 g/mol. The zero-order valence-electron chi connectivity index (χ0n) is 14.2. The lowest BCUT2D eigenvalue weighted by Gasteiger charge is -2.06. The summed E-state index contributed by atoms with van der Waals surface area (Å²) < 4.78 is 8.96. The van der Waals surface area contributed by atoms with E-state index >= 15 is 0 Å². The minimum atomic E-state index is -0.0814. The minimum absolute atomic E-state index is 0.0814. The number of ether oxygens (including phenoxy) is 1. The van der Waals surface area contributed by atoms with Gasteiger partial charge in [-0.05, 0) is 32.0 Å². The number of pyridine rings is 1. The number of hydrogen-bond donors (Lipinski definition) is 1. The molecular formula is C18H22N4O2. The van der Waals surface area contributed by atoms with Gasteiger partial charge in [0.25, 0.3) is 5.91 Å². The molecule has 0 aliphatic rings. The molecule has 0 atom stereocenters. The fourth-order valence-electron chi connectivity index (χ4n) is 2.84. The van der Waals surface area contributed by atoms with Crippen molar-refractivity contribution in [1.82, 2.24) is 19.5 Å². The second-order valence-electron chi connectivity index (χ2n) is 5.81. The maximum absolute atomic E-state index is 12.4. The summed E-state index contributed by atoms with van der Waals surface area (Å²) >= 11 is 0. The molecule has 0 saturated heterocycles. The molecule has 3 heterocycles. The van der Waals surface area contributed by atoms with Crippen molar-refractivity contribution in [3.63, 3.8) is 0 Å². The molecule has 24 heavy (non-hydrogen) atoms. The second kappa shape index (κ2) is 6.88. The highest BCUT2D eigenvalue weighted by Crippen LogP contribution is 2.14. The Morgan fingerprint density at radius 1 is 1.33 bits per heavy atom. The van der Waals surface area contributed by atoms with Crippen LogP contribution in [-0.4, -0.2) is 33.8 Å². The first-order chi connectivity index (χ1) is 11.6. The van der Waals surface area contributed by atoms with Crippen LogP contribution in [0.2, 0.25) is 0 Å². The van der Waals surface area contributed by atoms with Crippen molar-refractivity contribution in [2.75, 3.05) is 13.7 Å². The lowest BCUT2D eigenvalue weighted by molar-refractivity contribution is 0.0951. The fraction of sp³-hybridized carbons (Fsp3) is 0.333. The van der Waals surface area contributed by atoms with Crippen molar-refractivity contribution in [3.05, 3.63) is 59.2 Å². The molecule has 6 heteroatoms. The normalized spacial score (nSPS) is 11.1. The predicted octanol–water partition coefficient (Wildman–Crippen LogP) is 2.33. The number of nitrogens with zero attached hydrogens (tertiary/aromatic N) is 3. The summed E-state index contributed by atoms with van der Waals surface area (Å²) in [6.45, 7) is 5.77. The first kappa shape index (κ1) is 16.3. The highest BCUT2D eigenvalue weighted by atomic mass is 16.5. The molecule has 1 N–H and O–H groups in total. The number of carbonyl (C=O) groups excluding carboxylic acids is 1. The van der Waals surface area contributed by atoms with Crippen molar-refractivity contribution in [3.8, 4) is 0 Å². The monoisotopic (exact) mass is 326 g/mol. The Morgan fingerprint density at radius 3 is 2.92 bits per heavy atom. The van der Waals surface area contributed by atoms with Crippen molar-refractivity contribution >= 4 is 11.4 Å². The number of carbonyl (C=O) groups is 1. The van der Waals surface area contributed by atoms with Crippen LogP contribution in [0.25, 0.3) is 5.52 Å². The highest BCUT2D eigenvalue weighted by molar-refractivity contribution is 5.95. The van der Waals surface area contributed by atoms with Gasteiger partial charge in [0.15, 0.2) is 0 Å². The first-order valence-corrected chi connectivity index (χ1v) is 7.97. The number of aromatic nitrogens is 3. The fourth-order valence-corrected chi connectivity index (χ4v) is 2.84. The van der Waals surface area contributed by atoms with Crippen molar-refractivity contribution in [1.29, 1.82) is 0 Å². The Morgan fingerprint density at radius 2 is 2.17 bits per heavy atom. The van der Waals surface area contributed by atoms with Crippen LogP contribution < -0.4 is 5.32 Å². The number of aryl methyl sites for hydroxylation is 1. The molecule has 1 amide bonds. The first-order valence-electron chi connectivity index (χ1n) is 7.97. The summed E-state index contributed by atoms with van der Waals surface area (Å²) in [7, 11) is 1.68. The van der Waals surface area contributed by atoms with Gasteiger partial charge in [0.05, 0.1) is 24.4 Å². The van der Waals surface area contributed by atoms with Crippen LogP contribution in [-0.2, 0) is 17.8 Å². The third-order valence-electron chi connectivity index (χ3n) is 4.23. The second-order valence-corrected chi connectivity index (χ2v) is 5.81. The predicted molar refractivity (Wildman–Crippen MR) is 92.1 cm³/mol.